The Kier molecular flexibility index (Phi) is 3.59. The summed E-state index contributed by atoms with van der Waals surface area (Å²) in [7, 11) is 0. The molecule has 0 unspecified atom stereocenters. The van der Waals surface area contributed by atoms with Crippen LogP contribution in [-0.2, 0) is 5.33 Å². The first-order valence-electron chi connectivity index (χ1n) is 6.04. The standard InChI is InChI=1S/C15H10BrClN2O/c16-9-14-18-12-7-3-1-5-10(12)15(20)19(14)13-8-4-2-6-11(13)17/h1-8H,9H2. The molecule has 2 aromatic carbocycles. The zero-order chi connectivity index (χ0) is 14.1. The predicted octanol–water partition coefficient (Wildman–Crippen LogP) is 3.93. The van der Waals surface area contributed by atoms with Gasteiger partial charge < -0.3 is 0 Å². The van der Waals surface area contributed by atoms with Crippen LogP contribution >= 0.6 is 27.5 Å². The van der Waals surface area contributed by atoms with E-state index in [0.29, 0.717) is 32.8 Å². The van der Waals surface area contributed by atoms with Gasteiger partial charge in [-0.1, -0.05) is 51.8 Å². The van der Waals surface area contributed by atoms with Gasteiger partial charge in [0.05, 0.1) is 26.9 Å². The number of benzene rings is 2. The van der Waals surface area contributed by atoms with Crippen LogP contribution in [0.15, 0.2) is 53.3 Å². The molecule has 1 heterocycles. The normalized spacial score (nSPS) is 10.9. The van der Waals surface area contributed by atoms with Crippen LogP contribution in [0.2, 0.25) is 5.02 Å². The van der Waals surface area contributed by atoms with E-state index in [-0.39, 0.29) is 5.56 Å². The summed E-state index contributed by atoms with van der Waals surface area (Å²) in [5.74, 6) is 0.627. The lowest BCUT2D eigenvalue weighted by molar-refractivity contribution is 0.888. The Bertz CT molecular complexity index is 845. The zero-order valence-electron chi connectivity index (χ0n) is 10.4. The fraction of sp³-hybridized carbons (Fsp3) is 0.0667. The maximum atomic E-state index is 12.7. The first-order chi connectivity index (χ1) is 9.72. The van der Waals surface area contributed by atoms with Crippen LogP contribution in [0.3, 0.4) is 0 Å². The summed E-state index contributed by atoms with van der Waals surface area (Å²) in [6.07, 6.45) is 0. The van der Waals surface area contributed by atoms with Crippen LogP contribution in [0.25, 0.3) is 16.6 Å². The average molecular weight is 350 g/mol. The van der Waals surface area contributed by atoms with Crippen LogP contribution in [0, 0.1) is 0 Å². The third-order valence-electron chi connectivity index (χ3n) is 3.06. The van der Waals surface area contributed by atoms with Crippen molar-refractivity contribution >= 4 is 38.4 Å². The second-order valence-corrected chi connectivity index (χ2v) is 5.24. The average Bonchev–Trinajstić information content (AvgIpc) is 2.48. The van der Waals surface area contributed by atoms with Gasteiger partial charge in [0, 0.05) is 0 Å². The predicted molar refractivity (Wildman–Crippen MR) is 85.0 cm³/mol. The summed E-state index contributed by atoms with van der Waals surface area (Å²) in [5.41, 5.74) is 1.22. The highest BCUT2D eigenvalue weighted by atomic mass is 79.9. The van der Waals surface area contributed by atoms with Gasteiger partial charge in [-0.05, 0) is 24.3 Å². The van der Waals surface area contributed by atoms with E-state index in [9.17, 15) is 4.79 Å². The van der Waals surface area contributed by atoms with Crippen LogP contribution < -0.4 is 5.56 Å². The third-order valence-corrected chi connectivity index (χ3v) is 3.88. The summed E-state index contributed by atoms with van der Waals surface area (Å²) in [4.78, 5) is 17.2. The molecular formula is C15H10BrClN2O. The fourth-order valence-corrected chi connectivity index (χ4v) is 2.75. The molecule has 0 fully saturated rings. The molecule has 1 aromatic heterocycles. The molecule has 0 N–H and O–H groups in total. The molecular weight excluding hydrogens is 340 g/mol. The third kappa shape index (κ3) is 2.15. The van der Waals surface area contributed by atoms with Crippen molar-refractivity contribution in [3.63, 3.8) is 0 Å². The molecule has 20 heavy (non-hydrogen) atoms. The van der Waals surface area contributed by atoms with E-state index in [1.165, 1.54) is 0 Å². The van der Waals surface area contributed by atoms with Gasteiger partial charge in [-0.25, -0.2) is 4.98 Å². The number of fused-ring (bicyclic) bond motifs is 1. The SMILES string of the molecule is O=c1c2ccccc2nc(CBr)n1-c1ccccc1Cl. The highest BCUT2D eigenvalue weighted by Gasteiger charge is 2.13. The van der Waals surface area contributed by atoms with Crippen molar-refractivity contribution in [2.24, 2.45) is 0 Å². The van der Waals surface area contributed by atoms with Crippen molar-refractivity contribution in [1.29, 1.82) is 0 Å². The molecule has 100 valence electrons. The van der Waals surface area contributed by atoms with Gasteiger partial charge in [-0.3, -0.25) is 9.36 Å². The minimum atomic E-state index is -0.113. The number of aromatic nitrogens is 2. The van der Waals surface area contributed by atoms with Crippen molar-refractivity contribution in [1.82, 2.24) is 9.55 Å². The Balaban J connectivity index is 2.43. The molecule has 0 spiro atoms. The van der Waals surface area contributed by atoms with Crippen LogP contribution in [0.5, 0.6) is 0 Å². The van der Waals surface area contributed by atoms with Crippen molar-refractivity contribution in [2.75, 3.05) is 0 Å². The lowest BCUT2D eigenvalue weighted by atomic mass is 10.2. The van der Waals surface area contributed by atoms with Crippen molar-refractivity contribution in [3.05, 3.63) is 69.7 Å². The Labute approximate surface area is 129 Å². The molecule has 0 aliphatic heterocycles. The van der Waals surface area contributed by atoms with Crippen LogP contribution in [0.4, 0.5) is 0 Å². The minimum Gasteiger partial charge on any atom is -0.268 e. The van der Waals surface area contributed by atoms with E-state index >= 15 is 0 Å². The number of alkyl halides is 1. The van der Waals surface area contributed by atoms with Gasteiger partial charge in [-0.15, -0.1) is 0 Å². The monoisotopic (exact) mass is 348 g/mol. The number of nitrogens with zero attached hydrogens (tertiary/aromatic N) is 2. The van der Waals surface area contributed by atoms with E-state index in [1.54, 1.807) is 16.7 Å². The molecule has 3 nitrogen and oxygen atoms in total. The summed E-state index contributed by atoms with van der Waals surface area (Å²) in [5, 5.41) is 1.57. The maximum absolute atomic E-state index is 12.7. The van der Waals surface area contributed by atoms with E-state index in [4.69, 9.17) is 11.6 Å². The van der Waals surface area contributed by atoms with Crippen molar-refractivity contribution in [3.8, 4) is 5.69 Å². The topological polar surface area (TPSA) is 34.9 Å². The van der Waals surface area contributed by atoms with E-state index < -0.39 is 0 Å². The Hall–Kier alpha value is -1.65. The van der Waals surface area contributed by atoms with E-state index in [1.807, 2.05) is 36.4 Å². The number of hydrogen-bond acceptors (Lipinski definition) is 2. The Morgan fingerprint density at radius 2 is 1.80 bits per heavy atom. The number of para-hydroxylation sites is 2. The number of hydrogen-bond donors (Lipinski definition) is 0. The summed E-state index contributed by atoms with van der Waals surface area (Å²) in [6.45, 7) is 0. The summed E-state index contributed by atoms with van der Waals surface area (Å²) in [6, 6.07) is 14.6. The molecule has 0 bridgehead atoms. The highest BCUT2D eigenvalue weighted by molar-refractivity contribution is 9.08. The fourth-order valence-electron chi connectivity index (χ4n) is 2.15. The van der Waals surface area contributed by atoms with Gasteiger partial charge in [0.1, 0.15) is 5.82 Å². The summed E-state index contributed by atoms with van der Waals surface area (Å²) < 4.78 is 1.55. The quantitative estimate of drug-likeness (QED) is 0.657. The maximum Gasteiger partial charge on any atom is 0.266 e. The molecule has 0 amide bonds. The smallest absolute Gasteiger partial charge is 0.266 e. The number of rotatable bonds is 2. The van der Waals surface area contributed by atoms with Gasteiger partial charge in [0.2, 0.25) is 0 Å². The summed E-state index contributed by atoms with van der Waals surface area (Å²) >= 11 is 9.59. The first-order valence-corrected chi connectivity index (χ1v) is 7.54. The van der Waals surface area contributed by atoms with Crippen LogP contribution in [-0.4, -0.2) is 9.55 Å². The lowest BCUT2D eigenvalue weighted by Gasteiger charge is -2.13. The van der Waals surface area contributed by atoms with Crippen molar-refractivity contribution < 1.29 is 0 Å². The molecule has 0 saturated carbocycles. The van der Waals surface area contributed by atoms with Crippen LogP contribution in [0.1, 0.15) is 5.82 Å². The number of halogens is 2. The van der Waals surface area contributed by atoms with Gasteiger partial charge in [0.15, 0.2) is 0 Å². The minimum absolute atomic E-state index is 0.113. The Morgan fingerprint density at radius 3 is 2.55 bits per heavy atom. The molecule has 0 radical (unpaired) electrons. The van der Waals surface area contributed by atoms with Crippen molar-refractivity contribution in [2.45, 2.75) is 5.33 Å². The molecule has 0 aliphatic carbocycles. The molecule has 0 atom stereocenters. The highest BCUT2D eigenvalue weighted by Crippen LogP contribution is 2.21. The lowest BCUT2D eigenvalue weighted by Crippen LogP contribution is -2.23. The Morgan fingerprint density at radius 1 is 1.10 bits per heavy atom. The molecule has 5 heteroatoms. The zero-order valence-corrected chi connectivity index (χ0v) is 12.7. The second kappa shape index (κ2) is 5.38. The molecule has 3 rings (SSSR count). The van der Waals surface area contributed by atoms with Gasteiger partial charge in [0.25, 0.3) is 5.56 Å². The molecule has 0 saturated heterocycles. The molecule has 0 aliphatic rings. The van der Waals surface area contributed by atoms with E-state index in [2.05, 4.69) is 20.9 Å². The van der Waals surface area contributed by atoms with E-state index in [0.717, 1.165) is 0 Å². The van der Waals surface area contributed by atoms with Gasteiger partial charge >= 0.3 is 0 Å². The molecule has 3 aromatic rings. The van der Waals surface area contributed by atoms with Gasteiger partial charge in [-0.2, -0.15) is 0 Å². The largest absolute Gasteiger partial charge is 0.268 e. The second-order valence-electron chi connectivity index (χ2n) is 4.27. The first kappa shape index (κ1) is 13.3.